The maximum absolute atomic E-state index is 13.0. The Morgan fingerprint density at radius 1 is 1.38 bits per heavy atom. The van der Waals surface area contributed by atoms with Crippen LogP contribution in [0, 0.1) is 17.1 Å². The minimum atomic E-state index is -1.81. The lowest BCUT2D eigenvalue weighted by molar-refractivity contribution is 0.0524. The van der Waals surface area contributed by atoms with E-state index in [4.69, 9.17) is 4.43 Å². The van der Waals surface area contributed by atoms with Crippen LogP contribution in [0.5, 0.6) is 0 Å². The molecule has 1 aromatic heterocycles. The molecule has 0 unspecified atom stereocenters. The fraction of sp³-hybridized carbons (Fsp3) is 0.625. The molecule has 21 heavy (non-hydrogen) atoms. The van der Waals surface area contributed by atoms with E-state index in [1.807, 2.05) is 0 Å². The van der Waals surface area contributed by atoms with Gasteiger partial charge in [-0.2, -0.15) is 5.26 Å². The first-order chi connectivity index (χ1) is 9.60. The molecule has 0 amide bonds. The molecule has 0 N–H and O–H groups in total. The molecule has 1 fully saturated rings. The maximum atomic E-state index is 13.0. The third kappa shape index (κ3) is 3.02. The van der Waals surface area contributed by atoms with E-state index in [2.05, 4.69) is 44.9 Å². The van der Waals surface area contributed by atoms with Crippen LogP contribution in [0.4, 0.5) is 4.39 Å². The van der Waals surface area contributed by atoms with Gasteiger partial charge in [-0.05, 0) is 43.1 Å². The number of halogens is 1. The number of hydrogen-bond donors (Lipinski definition) is 0. The van der Waals surface area contributed by atoms with Crippen LogP contribution in [0.25, 0.3) is 0 Å². The molecule has 0 aliphatic heterocycles. The molecule has 0 aromatic carbocycles. The predicted octanol–water partition coefficient (Wildman–Crippen LogP) is 4.17. The van der Waals surface area contributed by atoms with Gasteiger partial charge in [0.2, 0.25) is 0 Å². The second kappa shape index (κ2) is 5.18. The van der Waals surface area contributed by atoms with Crippen molar-refractivity contribution in [2.75, 3.05) is 0 Å². The van der Waals surface area contributed by atoms with E-state index in [0.29, 0.717) is 18.5 Å². The monoisotopic (exact) mass is 306 g/mol. The zero-order valence-electron chi connectivity index (χ0n) is 13.4. The summed E-state index contributed by atoms with van der Waals surface area (Å²) in [4.78, 5) is 4.08. The number of nitrogens with zero attached hydrogens (tertiary/aromatic N) is 2. The van der Waals surface area contributed by atoms with Crippen LogP contribution in [-0.2, 0) is 9.84 Å². The van der Waals surface area contributed by atoms with Crippen LogP contribution in [0.1, 0.15) is 39.3 Å². The number of pyridine rings is 1. The summed E-state index contributed by atoms with van der Waals surface area (Å²) in [5, 5.41) is 9.67. The normalized spacial score (nSPS) is 26.0. The average Bonchev–Trinajstić information content (AvgIpc) is 2.33. The highest BCUT2D eigenvalue weighted by molar-refractivity contribution is 6.74. The predicted molar refractivity (Wildman–Crippen MR) is 82.8 cm³/mol. The number of aromatic nitrogens is 1. The van der Waals surface area contributed by atoms with Gasteiger partial charge in [0, 0.05) is 6.10 Å². The molecule has 1 aliphatic rings. The van der Waals surface area contributed by atoms with Crippen molar-refractivity contribution < 1.29 is 8.82 Å². The Kier molecular flexibility index (Phi) is 3.98. The van der Waals surface area contributed by atoms with E-state index in [0.717, 1.165) is 0 Å². The van der Waals surface area contributed by atoms with Gasteiger partial charge in [0.1, 0.15) is 11.2 Å². The van der Waals surface area contributed by atoms with E-state index in [9.17, 15) is 9.65 Å². The SMILES string of the molecule is CC(C)(C)[Si](C)(C)OC1CC(C#N)(c2ccc(F)cn2)C1. The Morgan fingerprint density at radius 3 is 2.43 bits per heavy atom. The van der Waals surface area contributed by atoms with Crippen molar-refractivity contribution in [2.45, 2.75) is 63.3 Å². The number of rotatable bonds is 3. The van der Waals surface area contributed by atoms with Crippen molar-refractivity contribution >= 4 is 8.32 Å². The van der Waals surface area contributed by atoms with Gasteiger partial charge in [0.25, 0.3) is 0 Å². The van der Waals surface area contributed by atoms with Crippen LogP contribution in [-0.4, -0.2) is 19.4 Å². The largest absolute Gasteiger partial charge is 0.414 e. The lowest BCUT2D eigenvalue weighted by Crippen LogP contribution is -2.52. The van der Waals surface area contributed by atoms with Crippen LogP contribution < -0.4 is 0 Å². The zero-order valence-corrected chi connectivity index (χ0v) is 14.4. The van der Waals surface area contributed by atoms with Gasteiger partial charge < -0.3 is 4.43 Å². The molecule has 0 bridgehead atoms. The van der Waals surface area contributed by atoms with Crippen LogP contribution >= 0.6 is 0 Å². The van der Waals surface area contributed by atoms with Crippen molar-refractivity contribution in [3.63, 3.8) is 0 Å². The Bertz CT molecular complexity index is 551. The molecule has 1 heterocycles. The molecule has 0 spiro atoms. The number of hydrogen-bond acceptors (Lipinski definition) is 3. The summed E-state index contributed by atoms with van der Waals surface area (Å²) < 4.78 is 19.3. The summed E-state index contributed by atoms with van der Waals surface area (Å²) in [5.74, 6) is -0.375. The van der Waals surface area contributed by atoms with Gasteiger partial charge in [-0.3, -0.25) is 4.98 Å². The molecule has 0 atom stereocenters. The summed E-state index contributed by atoms with van der Waals surface area (Å²) >= 11 is 0. The molecule has 1 aliphatic carbocycles. The second-order valence-electron chi connectivity index (χ2n) is 7.46. The van der Waals surface area contributed by atoms with Crippen molar-refractivity contribution in [3.05, 3.63) is 29.8 Å². The molecule has 0 saturated heterocycles. The molecule has 3 nitrogen and oxygen atoms in total. The summed E-state index contributed by atoms with van der Waals surface area (Å²) in [5.41, 5.74) is 0.0438. The molecular formula is C16H23FN2OSi. The standard InChI is InChI=1S/C16H23FN2OSi/c1-15(2,3)21(4,5)20-13-8-16(9-13,11-18)14-7-6-12(17)10-19-14/h6-7,10,13H,8-9H2,1-5H3. The first-order valence-corrected chi connectivity index (χ1v) is 10.2. The van der Waals surface area contributed by atoms with Crippen molar-refractivity contribution in [1.82, 2.24) is 4.98 Å². The fourth-order valence-corrected chi connectivity index (χ4v) is 3.76. The second-order valence-corrected chi connectivity index (χ2v) is 12.2. The first-order valence-electron chi connectivity index (χ1n) is 7.31. The topological polar surface area (TPSA) is 45.9 Å². The lowest BCUT2D eigenvalue weighted by Gasteiger charge is -2.48. The number of nitriles is 1. The highest BCUT2D eigenvalue weighted by atomic mass is 28.4. The van der Waals surface area contributed by atoms with Crippen molar-refractivity contribution in [1.29, 1.82) is 5.26 Å². The van der Waals surface area contributed by atoms with E-state index in [-0.39, 0.29) is 17.0 Å². The smallest absolute Gasteiger partial charge is 0.192 e. The maximum Gasteiger partial charge on any atom is 0.192 e. The molecule has 0 radical (unpaired) electrons. The molecule has 114 valence electrons. The van der Waals surface area contributed by atoms with Crippen LogP contribution in [0.2, 0.25) is 18.1 Å². The minimum absolute atomic E-state index is 0.109. The van der Waals surface area contributed by atoms with E-state index < -0.39 is 13.7 Å². The van der Waals surface area contributed by atoms with Gasteiger partial charge in [-0.1, -0.05) is 20.8 Å². The van der Waals surface area contributed by atoms with E-state index >= 15 is 0 Å². The minimum Gasteiger partial charge on any atom is -0.414 e. The summed E-state index contributed by atoms with van der Waals surface area (Å²) in [6.45, 7) is 11.1. The zero-order chi connectivity index (χ0) is 15.9. The highest BCUT2D eigenvalue weighted by Crippen LogP contribution is 2.47. The Hall–Kier alpha value is -1.25. The molecule has 1 saturated carbocycles. The van der Waals surface area contributed by atoms with Crippen LogP contribution in [0.3, 0.4) is 0 Å². The summed E-state index contributed by atoms with van der Waals surface area (Å²) in [6, 6.07) is 5.33. The van der Waals surface area contributed by atoms with E-state index in [1.165, 1.54) is 12.3 Å². The summed E-state index contributed by atoms with van der Waals surface area (Å²) in [7, 11) is -1.81. The van der Waals surface area contributed by atoms with Crippen molar-refractivity contribution in [2.24, 2.45) is 0 Å². The van der Waals surface area contributed by atoms with Gasteiger partial charge in [-0.25, -0.2) is 4.39 Å². The van der Waals surface area contributed by atoms with Gasteiger partial charge >= 0.3 is 0 Å². The highest BCUT2D eigenvalue weighted by Gasteiger charge is 2.51. The lowest BCUT2D eigenvalue weighted by atomic mass is 9.65. The van der Waals surface area contributed by atoms with Gasteiger partial charge in [-0.15, -0.1) is 0 Å². The van der Waals surface area contributed by atoms with Crippen molar-refractivity contribution in [3.8, 4) is 6.07 Å². The fourth-order valence-electron chi connectivity index (χ4n) is 2.41. The summed E-state index contributed by atoms with van der Waals surface area (Å²) in [6.07, 6.45) is 2.58. The first kappa shape index (κ1) is 16.1. The van der Waals surface area contributed by atoms with E-state index in [1.54, 1.807) is 6.07 Å². The molecule has 1 aromatic rings. The van der Waals surface area contributed by atoms with Crippen LogP contribution in [0.15, 0.2) is 18.3 Å². The van der Waals surface area contributed by atoms with Gasteiger partial charge in [0.05, 0.1) is 18.0 Å². The molecular weight excluding hydrogens is 283 g/mol. The average molecular weight is 306 g/mol. The molecule has 2 rings (SSSR count). The Balaban J connectivity index is 2.07. The quantitative estimate of drug-likeness (QED) is 0.787. The van der Waals surface area contributed by atoms with Gasteiger partial charge in [0.15, 0.2) is 8.32 Å². The Morgan fingerprint density at radius 2 is 2.00 bits per heavy atom. The molecule has 5 heteroatoms. The third-order valence-corrected chi connectivity index (χ3v) is 9.39. The third-order valence-electron chi connectivity index (χ3n) is 4.85. The Labute approximate surface area is 127 Å².